The number of nitrogens with zero attached hydrogens (tertiary/aromatic N) is 1. The Morgan fingerprint density at radius 1 is 1.46 bits per heavy atom. The van der Waals surface area contributed by atoms with Crippen LogP contribution in [0.2, 0.25) is 0 Å². The highest BCUT2D eigenvalue weighted by Crippen LogP contribution is 2.14. The van der Waals surface area contributed by atoms with Gasteiger partial charge in [0, 0.05) is 12.1 Å². The summed E-state index contributed by atoms with van der Waals surface area (Å²) in [6.45, 7) is -0.144. The van der Waals surface area contributed by atoms with Crippen molar-refractivity contribution >= 4 is 16.7 Å². The van der Waals surface area contributed by atoms with E-state index < -0.39 is 0 Å². The van der Waals surface area contributed by atoms with Crippen LogP contribution in [0.15, 0.2) is 18.2 Å². The third-order valence-corrected chi connectivity index (χ3v) is 1.90. The number of H-pyrrole nitrogens is 1. The molecule has 1 heterocycles. The average Bonchev–Trinajstić information content (AvgIpc) is 2.46. The number of anilines is 1. The number of aromatic amines is 1. The van der Waals surface area contributed by atoms with Gasteiger partial charge in [-0.1, -0.05) is 0 Å². The maximum Gasteiger partial charge on any atom is 0.109 e. The fourth-order valence-electron chi connectivity index (χ4n) is 1.29. The molecule has 0 atom stereocenters. The van der Waals surface area contributed by atoms with E-state index in [0.29, 0.717) is 12.1 Å². The van der Waals surface area contributed by atoms with Crippen molar-refractivity contribution in [1.29, 1.82) is 0 Å². The highest BCUT2D eigenvalue weighted by atomic mass is 16.3. The van der Waals surface area contributed by atoms with Crippen LogP contribution in [0.5, 0.6) is 0 Å². The van der Waals surface area contributed by atoms with Crippen LogP contribution >= 0.6 is 0 Å². The molecule has 2 aromatic rings. The zero-order valence-corrected chi connectivity index (χ0v) is 7.08. The first-order valence-electron chi connectivity index (χ1n) is 4.12. The lowest BCUT2D eigenvalue weighted by Gasteiger charge is -1.89. The third kappa shape index (κ3) is 1.48. The molecule has 0 spiro atoms. The summed E-state index contributed by atoms with van der Waals surface area (Å²) >= 11 is 0. The summed E-state index contributed by atoms with van der Waals surface area (Å²) in [7, 11) is 0. The first-order valence-corrected chi connectivity index (χ1v) is 4.12. The van der Waals surface area contributed by atoms with E-state index in [1.54, 1.807) is 6.07 Å². The highest BCUT2D eigenvalue weighted by Gasteiger charge is 2.01. The third-order valence-electron chi connectivity index (χ3n) is 1.90. The van der Waals surface area contributed by atoms with E-state index in [1.807, 2.05) is 12.1 Å². The lowest BCUT2D eigenvalue weighted by molar-refractivity contribution is 0.195. The van der Waals surface area contributed by atoms with Gasteiger partial charge in [-0.15, -0.1) is 0 Å². The Balaban J connectivity index is 2.49. The standard InChI is InChI=1S/C9H10N3O/c10-6-1-2-7-8(5-6)12-9(11-7)3-4-13/h1-2,5H,3-4,10H2,(H,11,12). The zero-order valence-electron chi connectivity index (χ0n) is 7.08. The first-order chi connectivity index (χ1) is 6.29. The summed E-state index contributed by atoms with van der Waals surface area (Å²) in [6.07, 6.45) is 0.439. The average molecular weight is 176 g/mol. The summed E-state index contributed by atoms with van der Waals surface area (Å²) in [5.74, 6) is 0.732. The second-order valence-electron chi connectivity index (χ2n) is 2.91. The molecule has 0 saturated heterocycles. The van der Waals surface area contributed by atoms with E-state index in [1.165, 1.54) is 0 Å². The van der Waals surface area contributed by atoms with Gasteiger partial charge < -0.3 is 10.7 Å². The SMILES string of the molecule is Nc1ccc2[nH]c(CC[O])nc2c1. The molecule has 1 aromatic heterocycles. The minimum absolute atomic E-state index is 0.144. The van der Waals surface area contributed by atoms with E-state index in [4.69, 9.17) is 5.73 Å². The number of hydrogen-bond donors (Lipinski definition) is 2. The van der Waals surface area contributed by atoms with Gasteiger partial charge in [0.15, 0.2) is 0 Å². The zero-order chi connectivity index (χ0) is 9.26. The molecule has 0 fully saturated rings. The number of nitrogens with one attached hydrogen (secondary N) is 1. The van der Waals surface area contributed by atoms with Crippen molar-refractivity contribution in [2.24, 2.45) is 0 Å². The van der Waals surface area contributed by atoms with Gasteiger partial charge in [-0.3, -0.25) is 0 Å². The molecule has 4 heteroatoms. The van der Waals surface area contributed by atoms with Crippen LogP contribution in [-0.2, 0) is 11.5 Å². The number of nitrogens with two attached hydrogens (primary N) is 1. The molecule has 0 aliphatic carbocycles. The second-order valence-corrected chi connectivity index (χ2v) is 2.91. The monoisotopic (exact) mass is 176 g/mol. The largest absolute Gasteiger partial charge is 0.399 e. The Bertz CT molecular complexity index is 422. The molecular formula is C9H10N3O. The predicted octanol–water partition coefficient (Wildman–Crippen LogP) is 1.12. The summed E-state index contributed by atoms with van der Waals surface area (Å²) < 4.78 is 0. The number of nitrogen functional groups attached to an aromatic ring is 1. The van der Waals surface area contributed by atoms with Crippen molar-refractivity contribution in [2.45, 2.75) is 6.42 Å². The molecule has 67 valence electrons. The molecule has 4 nitrogen and oxygen atoms in total. The molecular weight excluding hydrogens is 166 g/mol. The van der Waals surface area contributed by atoms with Crippen LogP contribution in [-0.4, -0.2) is 16.6 Å². The van der Waals surface area contributed by atoms with E-state index >= 15 is 0 Å². The molecule has 13 heavy (non-hydrogen) atoms. The minimum Gasteiger partial charge on any atom is -0.399 e. The molecule has 1 aromatic carbocycles. The molecule has 0 aliphatic rings. The lowest BCUT2D eigenvalue weighted by Crippen LogP contribution is -1.90. The summed E-state index contributed by atoms with van der Waals surface area (Å²) in [5, 5.41) is 10.4. The van der Waals surface area contributed by atoms with Gasteiger partial charge in [0.05, 0.1) is 17.6 Å². The van der Waals surface area contributed by atoms with Crippen LogP contribution in [0.25, 0.3) is 11.0 Å². The molecule has 0 unspecified atom stereocenters. The number of fused-ring (bicyclic) bond motifs is 1. The van der Waals surface area contributed by atoms with Gasteiger partial charge in [-0.05, 0) is 18.2 Å². The number of imidazole rings is 1. The Morgan fingerprint density at radius 3 is 3.08 bits per heavy atom. The van der Waals surface area contributed by atoms with E-state index in [-0.39, 0.29) is 6.61 Å². The van der Waals surface area contributed by atoms with Crippen molar-refractivity contribution in [3.8, 4) is 0 Å². The molecule has 0 aliphatic heterocycles. The van der Waals surface area contributed by atoms with Crippen LogP contribution < -0.4 is 5.73 Å². The predicted molar refractivity (Wildman–Crippen MR) is 49.8 cm³/mol. The van der Waals surface area contributed by atoms with Crippen molar-refractivity contribution in [2.75, 3.05) is 12.3 Å². The second kappa shape index (κ2) is 3.06. The maximum absolute atomic E-state index is 10.4. The van der Waals surface area contributed by atoms with Gasteiger partial charge in [-0.25, -0.2) is 10.1 Å². The number of benzene rings is 1. The molecule has 1 radical (unpaired) electrons. The normalized spacial score (nSPS) is 10.8. The quantitative estimate of drug-likeness (QED) is 0.673. The van der Waals surface area contributed by atoms with Crippen LogP contribution in [0, 0.1) is 0 Å². The molecule has 3 N–H and O–H groups in total. The van der Waals surface area contributed by atoms with Crippen LogP contribution in [0.4, 0.5) is 5.69 Å². The Morgan fingerprint density at radius 2 is 2.31 bits per heavy atom. The molecule has 0 saturated carbocycles. The van der Waals surface area contributed by atoms with Crippen molar-refractivity contribution in [3.63, 3.8) is 0 Å². The van der Waals surface area contributed by atoms with E-state index in [9.17, 15) is 5.11 Å². The van der Waals surface area contributed by atoms with E-state index in [2.05, 4.69) is 9.97 Å². The Kier molecular flexibility index (Phi) is 1.90. The summed E-state index contributed by atoms with van der Waals surface area (Å²) in [6, 6.07) is 5.47. The van der Waals surface area contributed by atoms with Gasteiger partial charge in [0.1, 0.15) is 5.82 Å². The Hall–Kier alpha value is -1.55. The topological polar surface area (TPSA) is 74.6 Å². The highest BCUT2D eigenvalue weighted by molar-refractivity contribution is 5.78. The molecule has 2 rings (SSSR count). The molecule has 0 amide bonds. The van der Waals surface area contributed by atoms with Crippen molar-refractivity contribution in [3.05, 3.63) is 24.0 Å². The van der Waals surface area contributed by atoms with Crippen molar-refractivity contribution < 1.29 is 5.11 Å². The minimum atomic E-state index is -0.144. The maximum atomic E-state index is 10.4. The Labute approximate surface area is 75.4 Å². The number of hydrogen-bond acceptors (Lipinski definition) is 2. The van der Waals surface area contributed by atoms with Crippen molar-refractivity contribution in [1.82, 2.24) is 9.97 Å². The lowest BCUT2D eigenvalue weighted by atomic mass is 10.3. The fourth-order valence-corrected chi connectivity index (χ4v) is 1.29. The fraction of sp³-hybridized carbons (Fsp3) is 0.222. The van der Waals surface area contributed by atoms with E-state index in [0.717, 1.165) is 16.9 Å². The smallest absolute Gasteiger partial charge is 0.109 e. The summed E-state index contributed by atoms with van der Waals surface area (Å²) in [5.41, 5.74) is 8.03. The van der Waals surface area contributed by atoms with Crippen LogP contribution in [0.3, 0.4) is 0 Å². The van der Waals surface area contributed by atoms with Gasteiger partial charge in [0.25, 0.3) is 0 Å². The molecule has 0 bridgehead atoms. The first kappa shape index (κ1) is 8.07. The van der Waals surface area contributed by atoms with Crippen LogP contribution in [0.1, 0.15) is 5.82 Å². The number of rotatable bonds is 2. The number of aromatic nitrogens is 2. The van der Waals surface area contributed by atoms with Gasteiger partial charge >= 0.3 is 0 Å². The van der Waals surface area contributed by atoms with Gasteiger partial charge in [-0.2, -0.15) is 0 Å². The van der Waals surface area contributed by atoms with Gasteiger partial charge in [0.2, 0.25) is 0 Å². The summed E-state index contributed by atoms with van der Waals surface area (Å²) in [4.78, 5) is 7.28.